The van der Waals surface area contributed by atoms with E-state index < -0.39 is 0 Å². The van der Waals surface area contributed by atoms with Gasteiger partial charge in [-0.05, 0) is 79.3 Å². The Labute approximate surface area is 394 Å². The second-order valence-electron chi connectivity index (χ2n) is 16.5. The van der Waals surface area contributed by atoms with Gasteiger partial charge in [-0.3, -0.25) is 20.2 Å². The van der Waals surface area contributed by atoms with Crippen LogP contribution in [0.15, 0.2) is 122 Å². The number of hydrogen-bond donors (Lipinski definition) is 4. The van der Waals surface area contributed by atoms with Crippen LogP contribution in [0, 0.1) is 11.8 Å². The van der Waals surface area contributed by atoms with Gasteiger partial charge >= 0.3 is 0 Å². The quantitative estimate of drug-likeness (QED) is 0.0815. The summed E-state index contributed by atoms with van der Waals surface area (Å²) in [4.78, 5) is 44.0. The predicted molar refractivity (Wildman–Crippen MR) is 264 cm³/mol. The fourth-order valence-corrected chi connectivity index (χ4v) is 7.54. The first-order valence-electron chi connectivity index (χ1n) is 23.2. The number of rotatable bonds is 14. The minimum absolute atomic E-state index is 0.00127. The summed E-state index contributed by atoms with van der Waals surface area (Å²) in [6.45, 7) is 8.64. The Morgan fingerprint density at radius 2 is 1.10 bits per heavy atom. The van der Waals surface area contributed by atoms with Crippen molar-refractivity contribution in [1.29, 1.82) is 0 Å². The molecule has 3 fully saturated rings. The van der Waals surface area contributed by atoms with Crippen LogP contribution in [0.1, 0.15) is 50.7 Å². The number of pyridine rings is 4. The van der Waals surface area contributed by atoms with Crippen LogP contribution in [0.2, 0.25) is 0 Å². The number of benzene rings is 2. The Kier molecular flexibility index (Phi) is 14.1. The molecule has 1 aliphatic heterocycles. The van der Waals surface area contributed by atoms with Crippen LogP contribution in [-0.4, -0.2) is 84.4 Å². The number of fused-ring (bicyclic) bond motifs is 2. The van der Waals surface area contributed by atoms with E-state index in [2.05, 4.69) is 117 Å². The van der Waals surface area contributed by atoms with Crippen LogP contribution in [0.5, 0.6) is 5.88 Å². The Bertz CT molecular complexity index is 2940. The fraction of sp³-hybridized carbons (Fsp3) is 0.294. The van der Waals surface area contributed by atoms with Crippen molar-refractivity contribution in [3.05, 3.63) is 133 Å². The lowest BCUT2D eigenvalue weighted by molar-refractivity contribution is -0.118. The zero-order chi connectivity index (χ0) is 46.8. The Balaban J connectivity index is 0.000000165. The van der Waals surface area contributed by atoms with Gasteiger partial charge in [0.05, 0.1) is 55.5 Å². The average molecular weight is 914 g/mol. The number of ether oxygens (including phenoxy) is 2. The SMILES string of the molecule is CC.COc1ccc(NCc2ccc(-c3cccc4nc(NC(=O)C5CC5)nn34)cc2)cn1.O=C(Nc1nc2cccc(-c3ccc(CNc4ccc(N5CCOCC5)nc4)cc3)n2n1)C1CC1. The van der Waals surface area contributed by atoms with Gasteiger partial charge < -0.3 is 25.0 Å². The zero-order valence-corrected chi connectivity index (χ0v) is 38.4. The highest BCUT2D eigenvalue weighted by Gasteiger charge is 2.31. The van der Waals surface area contributed by atoms with Gasteiger partial charge in [0.1, 0.15) is 5.82 Å². The van der Waals surface area contributed by atoms with E-state index in [4.69, 9.17) is 9.47 Å². The number of methoxy groups -OCH3 is 1. The van der Waals surface area contributed by atoms with E-state index in [1.54, 1.807) is 22.3 Å². The van der Waals surface area contributed by atoms with Gasteiger partial charge in [-0.1, -0.05) is 74.5 Å². The van der Waals surface area contributed by atoms with Crippen molar-refractivity contribution >= 4 is 52.2 Å². The zero-order valence-electron chi connectivity index (χ0n) is 38.4. The lowest BCUT2D eigenvalue weighted by atomic mass is 10.1. The minimum Gasteiger partial charge on any atom is -0.481 e. The van der Waals surface area contributed by atoms with Gasteiger partial charge in [0.15, 0.2) is 11.3 Å². The van der Waals surface area contributed by atoms with Crippen LogP contribution >= 0.6 is 0 Å². The first-order valence-corrected chi connectivity index (χ1v) is 23.2. The van der Waals surface area contributed by atoms with Crippen molar-refractivity contribution in [3.8, 4) is 28.4 Å². The third-order valence-electron chi connectivity index (χ3n) is 11.6. The monoisotopic (exact) mass is 913 g/mol. The molecule has 4 N–H and O–H groups in total. The highest BCUT2D eigenvalue weighted by molar-refractivity contribution is 5.93. The normalized spacial score (nSPS) is 14.2. The molecule has 0 bridgehead atoms. The van der Waals surface area contributed by atoms with Crippen molar-refractivity contribution in [2.45, 2.75) is 52.6 Å². The summed E-state index contributed by atoms with van der Waals surface area (Å²) in [5.74, 6) is 2.50. The van der Waals surface area contributed by atoms with Gasteiger partial charge in [-0.2, -0.15) is 9.97 Å². The topological polar surface area (TPSA) is 190 Å². The van der Waals surface area contributed by atoms with E-state index in [9.17, 15) is 9.59 Å². The van der Waals surface area contributed by atoms with Crippen molar-refractivity contribution in [2.24, 2.45) is 11.8 Å². The molecular weight excluding hydrogens is 859 g/mol. The molecule has 8 aromatic rings. The molecule has 17 heteroatoms. The van der Waals surface area contributed by atoms with Crippen molar-refractivity contribution in [3.63, 3.8) is 0 Å². The van der Waals surface area contributed by atoms with Gasteiger partial charge in [0.25, 0.3) is 0 Å². The highest BCUT2D eigenvalue weighted by atomic mass is 16.5. The number of carbonyl (C=O) groups excluding carboxylic acids is 2. The number of nitrogens with one attached hydrogen (secondary N) is 4. The number of anilines is 5. The van der Waals surface area contributed by atoms with E-state index in [0.29, 0.717) is 42.2 Å². The molecule has 0 spiro atoms. The fourth-order valence-electron chi connectivity index (χ4n) is 7.54. The van der Waals surface area contributed by atoms with E-state index in [1.807, 2.05) is 68.6 Å². The maximum atomic E-state index is 12.1. The van der Waals surface area contributed by atoms with Crippen molar-refractivity contribution in [1.82, 2.24) is 39.2 Å². The summed E-state index contributed by atoms with van der Waals surface area (Å²) in [6, 6.07) is 36.2. The Morgan fingerprint density at radius 1 is 0.618 bits per heavy atom. The molecule has 2 aromatic carbocycles. The highest BCUT2D eigenvalue weighted by Crippen LogP contribution is 2.31. The van der Waals surface area contributed by atoms with E-state index in [1.165, 1.54) is 0 Å². The van der Waals surface area contributed by atoms with Gasteiger partial charge in [0.2, 0.25) is 29.6 Å². The maximum Gasteiger partial charge on any atom is 0.249 e. The molecule has 68 heavy (non-hydrogen) atoms. The number of hydrogen-bond acceptors (Lipinski definition) is 13. The van der Waals surface area contributed by atoms with Crippen LogP contribution in [0.4, 0.5) is 29.1 Å². The second-order valence-corrected chi connectivity index (χ2v) is 16.5. The third-order valence-corrected chi connectivity index (χ3v) is 11.6. The molecule has 17 nitrogen and oxygen atoms in total. The van der Waals surface area contributed by atoms with Gasteiger partial charge in [-0.15, -0.1) is 10.2 Å². The number of carbonyl (C=O) groups is 2. The first kappa shape index (κ1) is 45.2. The number of aromatic nitrogens is 8. The molecule has 2 saturated carbocycles. The molecule has 2 amide bonds. The smallest absolute Gasteiger partial charge is 0.249 e. The minimum atomic E-state index is 0.00127. The Morgan fingerprint density at radius 3 is 1.53 bits per heavy atom. The lowest BCUT2D eigenvalue weighted by Crippen LogP contribution is -2.36. The molecule has 11 rings (SSSR count). The molecule has 6 aromatic heterocycles. The standard InChI is InChI=1S/C26H27N7O2.C23H22N6O2.C2H6/c34-25(20-8-9-20)30-26-29-24-3-1-2-22(33(24)31-26)19-6-4-18(5-7-19)16-27-21-10-11-23(28-17-21)32-12-14-35-15-13-32;1-31-21-12-11-18(14-25-21)24-13-15-5-7-16(8-6-15)19-3-2-4-20-26-23(28-29(19)20)27-22(30)17-9-10-17;1-2/h1-7,10-11,17,20,27H,8-9,12-16H2,(H,30,31,34);2-8,11-12,14,17,24H,9-10,13H2,1H3,(H,27,28,30);1-2H3. The van der Waals surface area contributed by atoms with E-state index in [0.717, 1.165) is 103 Å². The summed E-state index contributed by atoms with van der Waals surface area (Å²) in [5.41, 5.74) is 9.49. The molecule has 0 atom stereocenters. The van der Waals surface area contributed by atoms with E-state index >= 15 is 0 Å². The molecule has 348 valence electrons. The molecule has 0 unspecified atom stereocenters. The summed E-state index contributed by atoms with van der Waals surface area (Å²) in [6.07, 6.45) is 7.41. The summed E-state index contributed by atoms with van der Waals surface area (Å²) < 4.78 is 14.0. The van der Waals surface area contributed by atoms with Crippen molar-refractivity contribution in [2.75, 3.05) is 59.6 Å². The molecule has 7 heterocycles. The van der Waals surface area contributed by atoms with Crippen molar-refractivity contribution < 1.29 is 19.1 Å². The third kappa shape index (κ3) is 11.2. The number of morpholine rings is 1. The van der Waals surface area contributed by atoms with E-state index in [-0.39, 0.29) is 23.7 Å². The largest absolute Gasteiger partial charge is 0.481 e. The molecule has 0 radical (unpaired) electrons. The molecule has 2 aliphatic carbocycles. The molecule has 3 aliphatic rings. The van der Waals surface area contributed by atoms with Crippen LogP contribution in [0.25, 0.3) is 33.8 Å². The second kappa shape index (κ2) is 21.1. The maximum absolute atomic E-state index is 12.1. The predicted octanol–water partition coefficient (Wildman–Crippen LogP) is 8.38. The van der Waals surface area contributed by atoms with Crippen LogP contribution in [-0.2, 0) is 27.4 Å². The molecular formula is C51H55N13O4. The number of nitrogens with zero attached hydrogens (tertiary/aromatic N) is 9. The summed E-state index contributed by atoms with van der Waals surface area (Å²) in [7, 11) is 1.60. The summed E-state index contributed by atoms with van der Waals surface area (Å²) in [5, 5.41) is 21.5. The summed E-state index contributed by atoms with van der Waals surface area (Å²) >= 11 is 0. The molecule has 1 saturated heterocycles. The van der Waals surface area contributed by atoms with Crippen LogP contribution < -0.4 is 30.9 Å². The average Bonchev–Trinajstić information content (AvgIpc) is 4.34. The lowest BCUT2D eigenvalue weighted by Gasteiger charge is -2.27. The number of amides is 2. The van der Waals surface area contributed by atoms with Gasteiger partial charge in [0, 0.05) is 55.2 Å². The first-order chi connectivity index (χ1) is 33.4. The van der Waals surface area contributed by atoms with Crippen LogP contribution in [0.3, 0.4) is 0 Å². The Hall–Kier alpha value is -7.92. The van der Waals surface area contributed by atoms with Gasteiger partial charge in [-0.25, -0.2) is 19.0 Å².